The van der Waals surface area contributed by atoms with Crippen molar-refractivity contribution in [3.63, 3.8) is 0 Å². The number of methoxy groups -OCH3 is 1. The van der Waals surface area contributed by atoms with Gasteiger partial charge in [-0.2, -0.15) is 5.10 Å². The van der Waals surface area contributed by atoms with Crippen LogP contribution in [0, 0.1) is 0 Å². The van der Waals surface area contributed by atoms with E-state index < -0.39 is 0 Å². The second kappa shape index (κ2) is 6.10. The van der Waals surface area contributed by atoms with Gasteiger partial charge in [0.25, 0.3) is 0 Å². The van der Waals surface area contributed by atoms with Crippen LogP contribution in [-0.2, 0) is 11.3 Å². The van der Waals surface area contributed by atoms with Gasteiger partial charge in [-0.25, -0.2) is 14.9 Å². The fourth-order valence-electron chi connectivity index (χ4n) is 2.93. The van der Waals surface area contributed by atoms with E-state index in [0.717, 1.165) is 6.42 Å². The molecule has 0 saturated carbocycles. The summed E-state index contributed by atoms with van der Waals surface area (Å²) in [7, 11) is 1.68. The lowest BCUT2D eigenvalue weighted by molar-refractivity contribution is 0.118. The summed E-state index contributed by atoms with van der Waals surface area (Å²) in [6.45, 7) is 3.13. The Morgan fingerprint density at radius 1 is 1.55 bits per heavy atom. The monoisotopic (exact) mass is 323 g/mol. The van der Waals surface area contributed by atoms with Crippen LogP contribution in [0.5, 0.6) is 0 Å². The standard InChI is InChI=1S/C14H18ClN5O2/c1-3-19-13(17-18-14(19)21)11-7-9(22-2)8-20(11)12-10(15)5-4-6-16-12/h4-6,9,11H,3,7-8H2,1-2H3,(H,18,21)/t9-,11-/m0/s1. The summed E-state index contributed by atoms with van der Waals surface area (Å²) < 4.78 is 7.13. The second-order valence-electron chi connectivity index (χ2n) is 5.20. The molecule has 118 valence electrons. The smallest absolute Gasteiger partial charge is 0.343 e. The van der Waals surface area contributed by atoms with E-state index in [1.165, 1.54) is 0 Å². The fraction of sp³-hybridized carbons (Fsp3) is 0.500. The lowest BCUT2D eigenvalue weighted by atomic mass is 10.2. The van der Waals surface area contributed by atoms with Gasteiger partial charge in [-0.1, -0.05) is 11.6 Å². The number of nitrogens with zero attached hydrogens (tertiary/aromatic N) is 4. The van der Waals surface area contributed by atoms with Crippen LogP contribution in [0.25, 0.3) is 0 Å². The minimum atomic E-state index is -0.203. The average molecular weight is 324 g/mol. The quantitative estimate of drug-likeness (QED) is 0.925. The third-order valence-electron chi connectivity index (χ3n) is 4.01. The highest BCUT2D eigenvalue weighted by Crippen LogP contribution is 2.37. The van der Waals surface area contributed by atoms with Crippen molar-refractivity contribution < 1.29 is 4.74 Å². The highest BCUT2D eigenvalue weighted by Gasteiger charge is 2.38. The summed E-state index contributed by atoms with van der Waals surface area (Å²) >= 11 is 6.29. The van der Waals surface area contributed by atoms with Crippen LogP contribution in [-0.4, -0.2) is 39.5 Å². The Labute approximate surface area is 132 Å². The number of aromatic nitrogens is 4. The number of hydrogen-bond acceptors (Lipinski definition) is 5. The van der Waals surface area contributed by atoms with E-state index in [9.17, 15) is 4.79 Å². The Bertz CT molecular complexity index is 713. The molecule has 3 heterocycles. The van der Waals surface area contributed by atoms with Crippen LogP contribution < -0.4 is 10.6 Å². The van der Waals surface area contributed by atoms with Crippen molar-refractivity contribution >= 4 is 17.4 Å². The SMILES string of the molecule is CCn1c([C@@H]2C[C@H](OC)CN2c2ncccc2Cl)n[nH]c1=O. The van der Waals surface area contributed by atoms with E-state index in [1.54, 1.807) is 30.0 Å². The zero-order chi connectivity index (χ0) is 15.7. The molecule has 2 aromatic rings. The van der Waals surface area contributed by atoms with Crippen molar-refractivity contribution in [2.24, 2.45) is 0 Å². The third kappa shape index (κ3) is 2.50. The third-order valence-corrected chi connectivity index (χ3v) is 4.30. The predicted molar refractivity (Wildman–Crippen MR) is 83.3 cm³/mol. The summed E-state index contributed by atoms with van der Waals surface area (Å²) in [5, 5.41) is 7.30. The van der Waals surface area contributed by atoms with Gasteiger partial charge in [0.15, 0.2) is 5.82 Å². The van der Waals surface area contributed by atoms with Gasteiger partial charge in [0.2, 0.25) is 0 Å². The molecular formula is C14H18ClN5O2. The molecule has 2 atom stereocenters. The number of halogens is 1. The van der Waals surface area contributed by atoms with Crippen LogP contribution >= 0.6 is 11.6 Å². The highest BCUT2D eigenvalue weighted by molar-refractivity contribution is 6.32. The minimum absolute atomic E-state index is 0.0418. The molecule has 1 aliphatic rings. The first-order valence-corrected chi connectivity index (χ1v) is 7.58. The first-order chi connectivity index (χ1) is 10.7. The van der Waals surface area contributed by atoms with E-state index in [2.05, 4.69) is 20.1 Å². The van der Waals surface area contributed by atoms with Crippen molar-refractivity contribution in [2.45, 2.75) is 32.0 Å². The van der Waals surface area contributed by atoms with Crippen LogP contribution in [0.2, 0.25) is 5.02 Å². The van der Waals surface area contributed by atoms with Crippen molar-refractivity contribution in [2.75, 3.05) is 18.6 Å². The first kappa shape index (κ1) is 15.1. The molecule has 0 bridgehead atoms. The maximum Gasteiger partial charge on any atom is 0.343 e. The number of nitrogens with one attached hydrogen (secondary N) is 1. The number of H-pyrrole nitrogens is 1. The zero-order valence-electron chi connectivity index (χ0n) is 12.5. The minimum Gasteiger partial charge on any atom is -0.380 e. The highest BCUT2D eigenvalue weighted by atomic mass is 35.5. The van der Waals surface area contributed by atoms with Crippen LogP contribution in [0.4, 0.5) is 5.82 Å². The fourth-order valence-corrected chi connectivity index (χ4v) is 3.16. The number of ether oxygens (including phenoxy) is 1. The normalized spacial score (nSPS) is 21.5. The van der Waals surface area contributed by atoms with E-state index in [1.807, 2.05) is 6.92 Å². The molecule has 0 aromatic carbocycles. The molecule has 1 N–H and O–H groups in total. The summed E-state index contributed by atoms with van der Waals surface area (Å²) in [6, 6.07) is 3.50. The summed E-state index contributed by atoms with van der Waals surface area (Å²) in [4.78, 5) is 18.3. The lowest BCUT2D eigenvalue weighted by Gasteiger charge is -2.25. The van der Waals surface area contributed by atoms with Gasteiger partial charge in [-0.3, -0.25) is 4.57 Å². The predicted octanol–water partition coefficient (Wildman–Crippen LogP) is 1.61. The van der Waals surface area contributed by atoms with Gasteiger partial charge in [-0.15, -0.1) is 0 Å². The second-order valence-corrected chi connectivity index (χ2v) is 5.61. The zero-order valence-corrected chi connectivity index (χ0v) is 13.2. The van der Waals surface area contributed by atoms with E-state index in [4.69, 9.17) is 16.3 Å². The van der Waals surface area contributed by atoms with Crippen molar-refractivity contribution in [1.29, 1.82) is 0 Å². The molecule has 2 aromatic heterocycles. The Morgan fingerprint density at radius 3 is 3.05 bits per heavy atom. The van der Waals surface area contributed by atoms with Gasteiger partial charge in [0.05, 0.1) is 17.2 Å². The maximum atomic E-state index is 11.8. The Kier molecular flexibility index (Phi) is 4.17. The summed E-state index contributed by atoms with van der Waals surface area (Å²) in [5.41, 5.74) is -0.203. The molecule has 22 heavy (non-hydrogen) atoms. The van der Waals surface area contributed by atoms with Crippen LogP contribution in [0.1, 0.15) is 25.2 Å². The van der Waals surface area contributed by atoms with E-state index in [0.29, 0.717) is 29.8 Å². The molecule has 1 fully saturated rings. The molecular weight excluding hydrogens is 306 g/mol. The van der Waals surface area contributed by atoms with Gasteiger partial charge in [0.1, 0.15) is 5.82 Å². The lowest BCUT2D eigenvalue weighted by Crippen LogP contribution is -2.29. The average Bonchev–Trinajstić information content (AvgIpc) is 3.10. The van der Waals surface area contributed by atoms with Crippen molar-refractivity contribution in [3.05, 3.63) is 39.7 Å². The van der Waals surface area contributed by atoms with Gasteiger partial charge in [0, 0.05) is 32.8 Å². The summed E-state index contributed by atoms with van der Waals surface area (Å²) in [5.74, 6) is 1.38. The first-order valence-electron chi connectivity index (χ1n) is 7.20. The summed E-state index contributed by atoms with van der Waals surface area (Å²) in [6.07, 6.45) is 2.48. The topological polar surface area (TPSA) is 76.0 Å². The van der Waals surface area contributed by atoms with Gasteiger partial charge < -0.3 is 9.64 Å². The molecule has 0 amide bonds. The Balaban J connectivity index is 2.03. The number of anilines is 1. The molecule has 0 unspecified atom stereocenters. The Hall–Kier alpha value is -1.86. The van der Waals surface area contributed by atoms with E-state index >= 15 is 0 Å². The molecule has 7 nitrogen and oxygen atoms in total. The Morgan fingerprint density at radius 2 is 2.36 bits per heavy atom. The van der Waals surface area contributed by atoms with Crippen molar-refractivity contribution in [1.82, 2.24) is 19.7 Å². The molecule has 0 radical (unpaired) electrons. The number of aromatic amines is 1. The van der Waals surface area contributed by atoms with Crippen molar-refractivity contribution in [3.8, 4) is 0 Å². The largest absolute Gasteiger partial charge is 0.380 e. The molecule has 1 saturated heterocycles. The maximum absolute atomic E-state index is 11.8. The van der Waals surface area contributed by atoms with Gasteiger partial charge >= 0.3 is 5.69 Å². The van der Waals surface area contributed by atoms with E-state index in [-0.39, 0.29) is 17.8 Å². The molecule has 3 rings (SSSR count). The number of hydrogen-bond donors (Lipinski definition) is 1. The van der Waals surface area contributed by atoms with Crippen LogP contribution in [0.15, 0.2) is 23.1 Å². The number of rotatable bonds is 4. The molecule has 8 heteroatoms. The molecule has 0 aliphatic carbocycles. The molecule has 1 aliphatic heterocycles. The van der Waals surface area contributed by atoms with Crippen LogP contribution in [0.3, 0.4) is 0 Å². The van der Waals surface area contributed by atoms with Gasteiger partial charge in [-0.05, 0) is 19.1 Å². The number of pyridine rings is 1. The molecule has 0 spiro atoms.